The van der Waals surface area contributed by atoms with Crippen LogP contribution in [0.25, 0.3) is 0 Å². The van der Waals surface area contributed by atoms with Crippen LogP contribution in [0.2, 0.25) is 0 Å². The molecule has 2 bridgehead atoms. The van der Waals surface area contributed by atoms with E-state index in [2.05, 4.69) is 26.0 Å². The predicted molar refractivity (Wildman–Crippen MR) is 59.5 cm³/mol. The fourth-order valence-electron chi connectivity index (χ4n) is 3.10. The van der Waals surface area contributed by atoms with Crippen LogP contribution in [-0.4, -0.2) is 17.0 Å². The van der Waals surface area contributed by atoms with Gasteiger partial charge in [-0.2, -0.15) is 0 Å². The van der Waals surface area contributed by atoms with E-state index in [-0.39, 0.29) is 23.0 Å². The molecule has 2 rings (SSSR count). The van der Waals surface area contributed by atoms with Crippen molar-refractivity contribution in [3.63, 3.8) is 0 Å². The third-order valence-electron chi connectivity index (χ3n) is 4.06. The van der Waals surface area contributed by atoms with Crippen molar-refractivity contribution in [1.82, 2.24) is 0 Å². The Hall–Kier alpha value is -0.630. The molecular weight excluding hydrogens is 188 g/mol. The van der Waals surface area contributed by atoms with E-state index in [4.69, 9.17) is 4.74 Å². The Morgan fingerprint density at radius 1 is 1.27 bits per heavy atom. The number of ether oxygens (including phenoxy) is 1. The van der Waals surface area contributed by atoms with E-state index in [1.165, 1.54) is 0 Å². The first-order valence-electron chi connectivity index (χ1n) is 5.74. The monoisotopic (exact) mass is 208 g/mol. The zero-order valence-corrected chi connectivity index (χ0v) is 10.2. The Balaban J connectivity index is 2.45. The quantitative estimate of drug-likeness (QED) is 0.619. The van der Waals surface area contributed by atoms with E-state index < -0.39 is 0 Å². The fraction of sp³-hybridized carbons (Fsp3) is 0.769. The molecule has 2 aliphatic heterocycles. The van der Waals surface area contributed by atoms with Crippen molar-refractivity contribution in [3.8, 4) is 0 Å². The van der Waals surface area contributed by atoms with Gasteiger partial charge in [0, 0.05) is 5.92 Å². The van der Waals surface area contributed by atoms with Gasteiger partial charge in [-0.1, -0.05) is 32.9 Å². The molecule has 15 heavy (non-hydrogen) atoms. The molecule has 0 aromatic rings. The molecular formula is C13H20O2. The van der Waals surface area contributed by atoms with Gasteiger partial charge >= 0.3 is 0 Å². The zero-order valence-electron chi connectivity index (χ0n) is 10.2. The molecule has 2 heterocycles. The standard InChI is InChI=1S/C13H20O2/c1-8(2)10-11(14)9(3)12(4)6-7-13(10,5)15-12/h6-10H,1-5H3/t9-,10-,12-,13+/m1/s1. The first kappa shape index (κ1) is 10.9. The number of carbonyl (C=O) groups is 1. The first-order valence-corrected chi connectivity index (χ1v) is 5.74. The summed E-state index contributed by atoms with van der Waals surface area (Å²) >= 11 is 0. The van der Waals surface area contributed by atoms with Gasteiger partial charge in [0.25, 0.3) is 0 Å². The van der Waals surface area contributed by atoms with Crippen LogP contribution in [-0.2, 0) is 9.53 Å². The Morgan fingerprint density at radius 2 is 1.80 bits per heavy atom. The maximum atomic E-state index is 12.3. The maximum Gasteiger partial charge on any atom is 0.145 e. The highest BCUT2D eigenvalue weighted by Crippen LogP contribution is 2.49. The molecule has 2 heteroatoms. The second kappa shape index (κ2) is 2.94. The van der Waals surface area contributed by atoms with E-state index in [1.807, 2.05) is 20.8 Å². The van der Waals surface area contributed by atoms with Crippen molar-refractivity contribution in [2.45, 2.75) is 45.8 Å². The number of hydrogen-bond acceptors (Lipinski definition) is 2. The highest BCUT2D eigenvalue weighted by Gasteiger charge is 2.57. The second-order valence-electron chi connectivity index (χ2n) is 5.65. The second-order valence-corrected chi connectivity index (χ2v) is 5.65. The molecule has 1 saturated heterocycles. The van der Waals surface area contributed by atoms with Crippen LogP contribution in [0.4, 0.5) is 0 Å². The Labute approximate surface area is 91.7 Å². The van der Waals surface area contributed by atoms with Gasteiger partial charge in [0.05, 0.1) is 17.1 Å². The number of Topliss-reactive ketones (excluding diaryl/α,β-unsaturated/α-hetero) is 1. The van der Waals surface area contributed by atoms with Crippen molar-refractivity contribution in [2.75, 3.05) is 0 Å². The Bertz CT molecular complexity index is 331. The average molecular weight is 208 g/mol. The van der Waals surface area contributed by atoms with Crippen molar-refractivity contribution >= 4 is 5.78 Å². The van der Waals surface area contributed by atoms with Gasteiger partial charge in [0.2, 0.25) is 0 Å². The van der Waals surface area contributed by atoms with Crippen molar-refractivity contribution in [1.29, 1.82) is 0 Å². The summed E-state index contributed by atoms with van der Waals surface area (Å²) in [5, 5.41) is 0. The molecule has 0 aromatic carbocycles. The minimum absolute atomic E-state index is 0.000625. The predicted octanol–water partition coefficient (Wildman–Crippen LogP) is 2.58. The highest BCUT2D eigenvalue weighted by atomic mass is 16.5. The summed E-state index contributed by atoms with van der Waals surface area (Å²) in [6.07, 6.45) is 4.15. The lowest BCUT2D eigenvalue weighted by Gasteiger charge is -2.46. The number of fused-ring (bicyclic) bond motifs is 2. The average Bonchev–Trinajstić information content (AvgIpc) is 2.38. The van der Waals surface area contributed by atoms with Gasteiger partial charge in [-0.15, -0.1) is 0 Å². The van der Waals surface area contributed by atoms with Crippen LogP contribution in [0.3, 0.4) is 0 Å². The number of hydrogen-bond donors (Lipinski definition) is 0. The lowest BCUT2D eigenvalue weighted by molar-refractivity contribution is -0.182. The van der Waals surface area contributed by atoms with Gasteiger partial charge in [0.1, 0.15) is 5.78 Å². The molecule has 1 fully saturated rings. The summed E-state index contributed by atoms with van der Waals surface area (Å²) < 4.78 is 6.10. The van der Waals surface area contributed by atoms with Gasteiger partial charge in [0.15, 0.2) is 0 Å². The molecule has 0 saturated carbocycles. The topological polar surface area (TPSA) is 26.3 Å². The Morgan fingerprint density at radius 3 is 2.33 bits per heavy atom. The maximum absolute atomic E-state index is 12.3. The van der Waals surface area contributed by atoms with Crippen LogP contribution >= 0.6 is 0 Å². The molecule has 0 N–H and O–H groups in total. The molecule has 84 valence electrons. The van der Waals surface area contributed by atoms with E-state index in [1.54, 1.807) is 0 Å². The number of ketones is 1. The van der Waals surface area contributed by atoms with Crippen LogP contribution in [0, 0.1) is 17.8 Å². The van der Waals surface area contributed by atoms with Gasteiger partial charge < -0.3 is 4.74 Å². The minimum Gasteiger partial charge on any atom is -0.359 e. The van der Waals surface area contributed by atoms with Crippen molar-refractivity contribution in [3.05, 3.63) is 12.2 Å². The van der Waals surface area contributed by atoms with Crippen molar-refractivity contribution in [2.24, 2.45) is 17.8 Å². The summed E-state index contributed by atoms with van der Waals surface area (Å²) in [4.78, 5) is 12.3. The van der Waals surface area contributed by atoms with Gasteiger partial charge in [-0.3, -0.25) is 4.79 Å². The molecule has 0 aliphatic carbocycles. The van der Waals surface area contributed by atoms with Gasteiger partial charge in [-0.05, 0) is 19.8 Å². The SMILES string of the molecule is CC(C)[C@@H]1C(=O)[C@@H](C)[C@@]2(C)C=C[C@]1(C)O2. The molecule has 2 nitrogen and oxygen atoms in total. The van der Waals surface area contributed by atoms with Crippen LogP contribution in [0.5, 0.6) is 0 Å². The smallest absolute Gasteiger partial charge is 0.145 e. The number of rotatable bonds is 1. The summed E-state index contributed by atoms with van der Waals surface area (Å²) in [7, 11) is 0. The Kier molecular flexibility index (Phi) is 2.13. The minimum atomic E-state index is -0.382. The van der Waals surface area contributed by atoms with E-state index in [0.29, 0.717) is 11.7 Å². The van der Waals surface area contributed by atoms with E-state index in [0.717, 1.165) is 0 Å². The molecule has 0 radical (unpaired) electrons. The molecule has 0 aromatic heterocycles. The van der Waals surface area contributed by atoms with Gasteiger partial charge in [-0.25, -0.2) is 0 Å². The van der Waals surface area contributed by atoms with Crippen LogP contribution < -0.4 is 0 Å². The lowest BCUT2D eigenvalue weighted by atomic mass is 9.71. The third-order valence-corrected chi connectivity index (χ3v) is 4.06. The summed E-state index contributed by atoms with van der Waals surface area (Å²) in [6.45, 7) is 10.2. The largest absolute Gasteiger partial charge is 0.359 e. The normalized spacial score (nSPS) is 49.1. The third kappa shape index (κ3) is 1.31. The first-order chi connectivity index (χ1) is 6.80. The summed E-state index contributed by atoms with van der Waals surface area (Å²) in [5.41, 5.74) is -0.760. The summed E-state index contributed by atoms with van der Waals surface area (Å²) in [6, 6.07) is 0. The molecule has 0 unspecified atom stereocenters. The zero-order chi connectivity index (χ0) is 11.4. The highest BCUT2D eigenvalue weighted by molar-refractivity contribution is 5.88. The molecule has 0 spiro atoms. The lowest BCUT2D eigenvalue weighted by Crippen LogP contribution is -2.56. The molecule has 2 aliphatic rings. The fourth-order valence-corrected chi connectivity index (χ4v) is 3.10. The summed E-state index contributed by atoms with van der Waals surface area (Å²) in [5.74, 6) is 0.652. The molecule has 4 atom stereocenters. The van der Waals surface area contributed by atoms with E-state index >= 15 is 0 Å². The van der Waals surface area contributed by atoms with Crippen molar-refractivity contribution < 1.29 is 9.53 Å². The molecule has 0 amide bonds. The van der Waals surface area contributed by atoms with Crippen LogP contribution in [0.1, 0.15) is 34.6 Å². The van der Waals surface area contributed by atoms with Crippen LogP contribution in [0.15, 0.2) is 12.2 Å². The number of carbonyl (C=O) groups excluding carboxylic acids is 1. The van der Waals surface area contributed by atoms with E-state index in [9.17, 15) is 4.79 Å².